The van der Waals surface area contributed by atoms with Gasteiger partial charge in [-0.2, -0.15) is 13.2 Å². The third-order valence-corrected chi connectivity index (χ3v) is 2.72. The Morgan fingerprint density at radius 1 is 1.12 bits per heavy atom. The molecule has 0 saturated heterocycles. The molecular formula is C11H23F3N2O. The highest BCUT2D eigenvalue weighted by atomic mass is 19.4. The fourth-order valence-corrected chi connectivity index (χ4v) is 1.42. The lowest BCUT2D eigenvalue weighted by Crippen LogP contribution is -2.34. The number of aliphatic hydroxyl groups is 1. The van der Waals surface area contributed by atoms with Crippen LogP contribution in [0.4, 0.5) is 13.2 Å². The molecule has 0 aromatic heterocycles. The maximum Gasteiger partial charge on any atom is 0.390 e. The van der Waals surface area contributed by atoms with Crippen molar-refractivity contribution in [2.24, 2.45) is 5.73 Å². The number of nitrogens with zero attached hydrogens (tertiary/aromatic N) is 1. The lowest BCUT2D eigenvalue weighted by Gasteiger charge is -2.22. The minimum atomic E-state index is -4.09. The third kappa shape index (κ3) is 10.5. The van der Waals surface area contributed by atoms with Crippen molar-refractivity contribution in [1.29, 1.82) is 0 Å². The van der Waals surface area contributed by atoms with Crippen LogP contribution in [0.2, 0.25) is 0 Å². The van der Waals surface area contributed by atoms with Crippen LogP contribution >= 0.6 is 0 Å². The summed E-state index contributed by atoms with van der Waals surface area (Å²) in [7, 11) is 1.67. The molecule has 0 aliphatic carbocycles. The minimum absolute atomic E-state index is 0.0246. The molecule has 0 heterocycles. The molecule has 3 N–H and O–H groups in total. The van der Waals surface area contributed by atoms with E-state index in [0.717, 1.165) is 12.8 Å². The average Bonchev–Trinajstić information content (AvgIpc) is 2.20. The minimum Gasteiger partial charge on any atom is -0.389 e. The smallest absolute Gasteiger partial charge is 0.389 e. The van der Waals surface area contributed by atoms with E-state index in [9.17, 15) is 18.3 Å². The monoisotopic (exact) mass is 256 g/mol. The van der Waals surface area contributed by atoms with Gasteiger partial charge in [-0.15, -0.1) is 0 Å². The zero-order valence-electron chi connectivity index (χ0n) is 10.6. The number of hydrogen-bond acceptors (Lipinski definition) is 3. The number of alkyl halides is 3. The van der Waals surface area contributed by atoms with Crippen molar-refractivity contribution in [3.05, 3.63) is 0 Å². The topological polar surface area (TPSA) is 49.5 Å². The molecule has 0 amide bonds. The van der Waals surface area contributed by atoms with Crippen molar-refractivity contribution >= 4 is 0 Å². The normalized spacial score (nSPS) is 16.2. The van der Waals surface area contributed by atoms with Crippen LogP contribution in [0, 0.1) is 0 Å². The number of hydrogen-bond donors (Lipinski definition) is 2. The van der Waals surface area contributed by atoms with Gasteiger partial charge in [0.2, 0.25) is 0 Å². The van der Waals surface area contributed by atoms with Gasteiger partial charge in [0, 0.05) is 13.1 Å². The molecular weight excluding hydrogens is 233 g/mol. The van der Waals surface area contributed by atoms with Gasteiger partial charge in [0.1, 0.15) is 0 Å². The average molecular weight is 256 g/mol. The fourth-order valence-electron chi connectivity index (χ4n) is 1.42. The van der Waals surface area contributed by atoms with Crippen LogP contribution in [-0.2, 0) is 0 Å². The highest BCUT2D eigenvalue weighted by molar-refractivity contribution is 4.73. The standard InChI is InChI=1S/C11H23F3N2O/c1-10(17,9-15)5-3-4-7-16(2)8-6-11(12,13)14/h17H,3-9,15H2,1-2H3. The van der Waals surface area contributed by atoms with Crippen LogP contribution in [0.15, 0.2) is 0 Å². The predicted octanol–water partition coefficient (Wildman–Crippen LogP) is 1.75. The fraction of sp³-hybridized carbons (Fsp3) is 1.00. The third-order valence-electron chi connectivity index (χ3n) is 2.72. The van der Waals surface area contributed by atoms with Crippen molar-refractivity contribution in [1.82, 2.24) is 4.90 Å². The summed E-state index contributed by atoms with van der Waals surface area (Å²) in [6.45, 7) is 2.50. The van der Waals surface area contributed by atoms with Crippen molar-refractivity contribution in [3.8, 4) is 0 Å². The number of unbranched alkanes of at least 4 members (excludes halogenated alkanes) is 1. The largest absolute Gasteiger partial charge is 0.390 e. The summed E-state index contributed by atoms with van der Waals surface area (Å²) in [5.41, 5.74) is 4.50. The zero-order chi connectivity index (χ0) is 13.5. The number of nitrogens with two attached hydrogens (primary N) is 1. The highest BCUT2D eigenvalue weighted by Crippen LogP contribution is 2.19. The van der Waals surface area contributed by atoms with Gasteiger partial charge in [0.15, 0.2) is 0 Å². The van der Waals surface area contributed by atoms with Crippen molar-refractivity contribution in [2.45, 2.75) is 44.4 Å². The number of rotatable bonds is 8. The maximum atomic E-state index is 11.9. The molecule has 0 spiro atoms. The van der Waals surface area contributed by atoms with E-state index in [1.807, 2.05) is 0 Å². The van der Waals surface area contributed by atoms with Crippen molar-refractivity contribution in [2.75, 3.05) is 26.7 Å². The van der Waals surface area contributed by atoms with E-state index in [1.54, 1.807) is 18.9 Å². The highest BCUT2D eigenvalue weighted by Gasteiger charge is 2.26. The molecule has 0 aromatic carbocycles. The van der Waals surface area contributed by atoms with Crippen LogP contribution in [-0.4, -0.2) is 48.5 Å². The first-order valence-corrected chi connectivity index (χ1v) is 5.84. The summed E-state index contributed by atoms with van der Waals surface area (Å²) >= 11 is 0. The van der Waals surface area contributed by atoms with Crippen LogP contribution in [0.3, 0.4) is 0 Å². The van der Waals surface area contributed by atoms with Gasteiger partial charge >= 0.3 is 6.18 Å². The molecule has 1 atom stereocenters. The molecule has 0 aliphatic rings. The Hall–Kier alpha value is -0.330. The second-order valence-corrected chi connectivity index (χ2v) is 4.83. The molecule has 17 heavy (non-hydrogen) atoms. The lowest BCUT2D eigenvalue weighted by molar-refractivity contribution is -0.137. The molecule has 104 valence electrons. The second kappa shape index (κ2) is 7.18. The van der Waals surface area contributed by atoms with Gasteiger partial charge in [-0.25, -0.2) is 0 Å². The summed E-state index contributed by atoms with van der Waals surface area (Å²) in [4.78, 5) is 1.66. The van der Waals surface area contributed by atoms with Gasteiger partial charge in [0.05, 0.1) is 12.0 Å². The van der Waals surface area contributed by atoms with Gasteiger partial charge in [0.25, 0.3) is 0 Å². The Morgan fingerprint density at radius 3 is 2.18 bits per heavy atom. The Bertz CT molecular complexity index is 207. The molecule has 0 aromatic rings. The Labute approximate surface area is 101 Å². The molecule has 3 nitrogen and oxygen atoms in total. The van der Waals surface area contributed by atoms with Gasteiger partial charge in [-0.3, -0.25) is 0 Å². The zero-order valence-corrected chi connectivity index (χ0v) is 10.6. The van der Waals surface area contributed by atoms with E-state index >= 15 is 0 Å². The summed E-state index contributed by atoms with van der Waals surface area (Å²) < 4.78 is 35.8. The summed E-state index contributed by atoms with van der Waals surface area (Å²) in [6, 6.07) is 0. The van der Waals surface area contributed by atoms with Crippen LogP contribution in [0.1, 0.15) is 32.6 Å². The van der Waals surface area contributed by atoms with Crippen LogP contribution in [0.5, 0.6) is 0 Å². The summed E-state index contributed by atoms with van der Waals surface area (Å²) in [5, 5.41) is 9.61. The first-order valence-electron chi connectivity index (χ1n) is 5.84. The number of halogens is 3. The SMILES string of the molecule is CN(CCCCC(C)(O)CN)CCC(F)(F)F. The first-order chi connectivity index (χ1) is 7.66. The van der Waals surface area contributed by atoms with E-state index in [-0.39, 0.29) is 13.1 Å². The lowest BCUT2D eigenvalue weighted by atomic mass is 9.99. The quantitative estimate of drug-likeness (QED) is 0.650. The van der Waals surface area contributed by atoms with Crippen LogP contribution in [0.25, 0.3) is 0 Å². The summed E-state index contributed by atoms with van der Waals surface area (Å²) in [6.07, 6.45) is -2.75. The van der Waals surface area contributed by atoms with Gasteiger partial charge in [-0.1, -0.05) is 0 Å². The molecule has 0 fully saturated rings. The van der Waals surface area contributed by atoms with Crippen molar-refractivity contribution < 1.29 is 18.3 Å². The van der Waals surface area contributed by atoms with Gasteiger partial charge in [-0.05, 0) is 39.8 Å². The van der Waals surface area contributed by atoms with E-state index in [4.69, 9.17) is 5.73 Å². The Balaban J connectivity index is 3.55. The molecule has 0 aliphatic heterocycles. The van der Waals surface area contributed by atoms with Gasteiger partial charge < -0.3 is 15.7 Å². The predicted molar refractivity (Wildman–Crippen MR) is 61.7 cm³/mol. The van der Waals surface area contributed by atoms with E-state index < -0.39 is 18.2 Å². The molecule has 0 rings (SSSR count). The molecule has 0 radical (unpaired) electrons. The molecule has 0 saturated carbocycles. The Morgan fingerprint density at radius 2 is 1.71 bits per heavy atom. The van der Waals surface area contributed by atoms with Crippen LogP contribution < -0.4 is 5.73 Å². The Kier molecular flexibility index (Phi) is 7.04. The maximum absolute atomic E-state index is 11.9. The second-order valence-electron chi connectivity index (χ2n) is 4.83. The first kappa shape index (κ1) is 16.7. The molecule has 0 bridgehead atoms. The van der Waals surface area contributed by atoms with E-state index in [0.29, 0.717) is 13.0 Å². The van der Waals surface area contributed by atoms with Crippen molar-refractivity contribution in [3.63, 3.8) is 0 Å². The van der Waals surface area contributed by atoms with E-state index in [2.05, 4.69) is 0 Å². The molecule has 6 heteroatoms. The van der Waals surface area contributed by atoms with E-state index in [1.165, 1.54) is 0 Å². The summed E-state index contributed by atoms with van der Waals surface area (Å²) in [5.74, 6) is 0. The molecule has 1 unspecified atom stereocenters.